The van der Waals surface area contributed by atoms with Gasteiger partial charge in [0, 0.05) is 6.61 Å². The summed E-state index contributed by atoms with van der Waals surface area (Å²) in [5.74, 6) is -1.17. The monoisotopic (exact) mass is 242 g/mol. The minimum atomic E-state index is -0.985. The molecule has 1 unspecified atom stereocenters. The molecule has 0 aromatic rings. The first-order chi connectivity index (χ1) is 7.96. The van der Waals surface area contributed by atoms with Gasteiger partial charge in [0.15, 0.2) is 0 Å². The predicted octanol–water partition coefficient (Wildman–Crippen LogP) is -0.382. The Morgan fingerprint density at radius 1 is 1.35 bits per heavy atom. The molecule has 1 amide bonds. The highest BCUT2D eigenvalue weighted by molar-refractivity contribution is 5.87. The van der Waals surface area contributed by atoms with Crippen molar-refractivity contribution in [2.45, 2.75) is 43.2 Å². The van der Waals surface area contributed by atoms with Crippen LogP contribution >= 0.6 is 0 Å². The molecule has 1 saturated heterocycles. The number of nitrogens with two attached hydrogens (primary N) is 1. The first kappa shape index (κ1) is 12.3. The number of nitrogens with one attached hydrogen (secondary N) is 1. The van der Waals surface area contributed by atoms with Crippen molar-refractivity contribution >= 4 is 11.9 Å². The number of amides is 1. The van der Waals surface area contributed by atoms with Crippen LogP contribution < -0.4 is 11.1 Å². The molecule has 0 aromatic carbocycles. The van der Waals surface area contributed by atoms with Gasteiger partial charge in [0.25, 0.3) is 0 Å². The van der Waals surface area contributed by atoms with E-state index < -0.39 is 17.0 Å². The van der Waals surface area contributed by atoms with Crippen LogP contribution in [0.15, 0.2) is 0 Å². The zero-order chi connectivity index (χ0) is 12.5. The molecule has 1 saturated carbocycles. The number of aliphatic carboxylic acids is 1. The lowest BCUT2D eigenvalue weighted by molar-refractivity contribution is -0.141. The fourth-order valence-corrected chi connectivity index (χ4v) is 2.36. The van der Waals surface area contributed by atoms with Crippen molar-refractivity contribution in [3.63, 3.8) is 0 Å². The Morgan fingerprint density at radius 2 is 2.06 bits per heavy atom. The number of carboxylic acid groups (broad SMARTS) is 1. The van der Waals surface area contributed by atoms with Crippen LogP contribution in [0.2, 0.25) is 0 Å². The lowest BCUT2D eigenvalue weighted by Gasteiger charge is -2.43. The summed E-state index contributed by atoms with van der Waals surface area (Å²) in [7, 11) is 0. The van der Waals surface area contributed by atoms with E-state index in [2.05, 4.69) is 5.32 Å². The number of hydrogen-bond acceptors (Lipinski definition) is 4. The quantitative estimate of drug-likeness (QED) is 0.623. The van der Waals surface area contributed by atoms with Gasteiger partial charge < -0.3 is 20.9 Å². The fourth-order valence-electron chi connectivity index (χ4n) is 2.36. The van der Waals surface area contributed by atoms with Gasteiger partial charge >= 0.3 is 5.97 Å². The number of carbonyl (C=O) groups excluding carboxylic acids is 1. The lowest BCUT2D eigenvalue weighted by Crippen LogP contribution is -2.63. The van der Waals surface area contributed by atoms with E-state index in [9.17, 15) is 9.59 Å². The van der Waals surface area contributed by atoms with Crippen LogP contribution in [0.1, 0.15) is 32.1 Å². The first-order valence-corrected chi connectivity index (χ1v) is 5.87. The van der Waals surface area contributed by atoms with Crippen molar-refractivity contribution in [3.05, 3.63) is 0 Å². The highest BCUT2D eigenvalue weighted by atomic mass is 16.5. The van der Waals surface area contributed by atoms with Crippen LogP contribution in [-0.2, 0) is 14.3 Å². The standard InChI is InChI=1S/C11H18N2O4/c12-11(4-5-17-7-11)9(16)13-10(2-1-3-10)6-8(14)15/h1-7,12H2,(H,13,16)(H,14,15). The fraction of sp³-hybridized carbons (Fsp3) is 0.818. The van der Waals surface area contributed by atoms with Crippen molar-refractivity contribution in [2.75, 3.05) is 13.2 Å². The lowest BCUT2D eigenvalue weighted by atomic mass is 9.74. The zero-order valence-corrected chi connectivity index (χ0v) is 9.70. The first-order valence-electron chi connectivity index (χ1n) is 5.87. The average molecular weight is 242 g/mol. The average Bonchev–Trinajstić information content (AvgIpc) is 2.62. The maximum absolute atomic E-state index is 12.0. The molecular formula is C11H18N2O4. The van der Waals surface area contributed by atoms with Gasteiger partial charge in [0.2, 0.25) is 5.91 Å². The van der Waals surface area contributed by atoms with E-state index >= 15 is 0 Å². The van der Waals surface area contributed by atoms with Gasteiger partial charge in [-0.05, 0) is 25.7 Å². The molecule has 2 rings (SSSR count). The predicted molar refractivity (Wildman–Crippen MR) is 59.3 cm³/mol. The summed E-state index contributed by atoms with van der Waals surface area (Å²) >= 11 is 0. The van der Waals surface area contributed by atoms with Crippen molar-refractivity contribution in [1.29, 1.82) is 0 Å². The molecule has 0 radical (unpaired) electrons. The van der Waals surface area contributed by atoms with Gasteiger partial charge in [0.05, 0.1) is 18.6 Å². The number of hydrogen-bond donors (Lipinski definition) is 3. The maximum atomic E-state index is 12.0. The van der Waals surface area contributed by atoms with E-state index in [1.807, 2.05) is 0 Å². The van der Waals surface area contributed by atoms with Crippen molar-refractivity contribution in [2.24, 2.45) is 5.73 Å². The summed E-state index contributed by atoms with van der Waals surface area (Å²) in [6.45, 7) is 0.692. The highest BCUT2D eigenvalue weighted by Crippen LogP contribution is 2.35. The Hall–Kier alpha value is -1.14. The molecule has 1 heterocycles. The van der Waals surface area contributed by atoms with Crippen LogP contribution in [0.25, 0.3) is 0 Å². The van der Waals surface area contributed by atoms with Gasteiger partial charge in [-0.1, -0.05) is 0 Å². The number of rotatable bonds is 4. The van der Waals surface area contributed by atoms with E-state index in [1.54, 1.807) is 0 Å². The molecule has 2 aliphatic rings. The molecule has 4 N–H and O–H groups in total. The summed E-state index contributed by atoms with van der Waals surface area (Å²) in [5.41, 5.74) is 4.36. The summed E-state index contributed by atoms with van der Waals surface area (Å²) in [6, 6.07) is 0. The van der Waals surface area contributed by atoms with Crippen LogP contribution in [0.5, 0.6) is 0 Å². The van der Waals surface area contributed by atoms with Crippen LogP contribution in [0.3, 0.4) is 0 Å². The van der Waals surface area contributed by atoms with E-state index in [1.165, 1.54) is 0 Å². The van der Waals surface area contributed by atoms with Crippen molar-refractivity contribution in [3.8, 4) is 0 Å². The number of ether oxygens (including phenoxy) is 1. The summed E-state index contributed by atoms with van der Waals surface area (Å²) in [6.07, 6.45) is 2.82. The molecule has 17 heavy (non-hydrogen) atoms. The zero-order valence-electron chi connectivity index (χ0n) is 9.70. The SMILES string of the molecule is NC1(C(=O)NC2(CC(=O)O)CCC2)CCOC1. The molecule has 6 nitrogen and oxygen atoms in total. The molecule has 2 fully saturated rings. The Labute approximate surface area is 99.5 Å². The Bertz CT molecular complexity index is 332. The summed E-state index contributed by atoms with van der Waals surface area (Å²) in [5, 5.41) is 11.7. The van der Waals surface area contributed by atoms with Crippen molar-refractivity contribution < 1.29 is 19.4 Å². The Kier molecular flexibility index (Phi) is 3.09. The molecule has 96 valence electrons. The molecule has 1 atom stereocenters. The van der Waals surface area contributed by atoms with E-state index in [0.717, 1.165) is 6.42 Å². The van der Waals surface area contributed by atoms with Crippen LogP contribution in [0.4, 0.5) is 0 Å². The minimum Gasteiger partial charge on any atom is -0.481 e. The molecule has 0 aromatic heterocycles. The van der Waals surface area contributed by atoms with E-state index in [-0.39, 0.29) is 18.9 Å². The Balaban J connectivity index is 1.99. The highest BCUT2D eigenvalue weighted by Gasteiger charge is 2.46. The smallest absolute Gasteiger partial charge is 0.305 e. The third kappa shape index (κ3) is 2.42. The third-order valence-corrected chi connectivity index (χ3v) is 3.68. The summed E-state index contributed by atoms with van der Waals surface area (Å²) in [4.78, 5) is 22.8. The van der Waals surface area contributed by atoms with E-state index in [0.29, 0.717) is 25.9 Å². The van der Waals surface area contributed by atoms with Crippen molar-refractivity contribution in [1.82, 2.24) is 5.32 Å². The van der Waals surface area contributed by atoms with Gasteiger partial charge in [-0.25, -0.2) is 0 Å². The van der Waals surface area contributed by atoms with Gasteiger partial charge in [-0.15, -0.1) is 0 Å². The van der Waals surface area contributed by atoms with E-state index in [4.69, 9.17) is 15.6 Å². The van der Waals surface area contributed by atoms with Crippen LogP contribution in [-0.4, -0.2) is 41.3 Å². The summed E-state index contributed by atoms with van der Waals surface area (Å²) < 4.78 is 5.13. The molecule has 6 heteroatoms. The topological polar surface area (TPSA) is 102 Å². The molecular weight excluding hydrogens is 224 g/mol. The molecule has 1 aliphatic heterocycles. The minimum absolute atomic E-state index is 0.0321. The number of carbonyl (C=O) groups is 2. The second-order valence-electron chi connectivity index (χ2n) is 5.12. The second-order valence-corrected chi connectivity index (χ2v) is 5.12. The second kappa shape index (κ2) is 4.27. The van der Waals surface area contributed by atoms with Gasteiger partial charge in [-0.3, -0.25) is 9.59 Å². The molecule has 0 bridgehead atoms. The third-order valence-electron chi connectivity index (χ3n) is 3.68. The molecule has 0 spiro atoms. The van der Waals surface area contributed by atoms with Crippen LogP contribution in [0, 0.1) is 0 Å². The molecule has 1 aliphatic carbocycles. The Morgan fingerprint density at radius 3 is 2.47 bits per heavy atom. The van der Waals surface area contributed by atoms with Gasteiger partial charge in [0.1, 0.15) is 5.54 Å². The number of carboxylic acids is 1. The largest absolute Gasteiger partial charge is 0.481 e. The normalized spacial score (nSPS) is 30.6. The maximum Gasteiger partial charge on any atom is 0.305 e. The van der Waals surface area contributed by atoms with Gasteiger partial charge in [-0.2, -0.15) is 0 Å².